The van der Waals surface area contributed by atoms with Gasteiger partial charge in [-0.25, -0.2) is 4.98 Å². The highest BCUT2D eigenvalue weighted by atomic mass is 32.1. The second-order valence-corrected chi connectivity index (χ2v) is 6.91. The summed E-state index contributed by atoms with van der Waals surface area (Å²) in [7, 11) is 1.79. The van der Waals surface area contributed by atoms with Gasteiger partial charge in [0, 0.05) is 23.7 Å². The van der Waals surface area contributed by atoms with Crippen LogP contribution in [0.15, 0.2) is 77.6 Å². The summed E-state index contributed by atoms with van der Waals surface area (Å²) in [4.78, 5) is 18.7. The summed E-state index contributed by atoms with van der Waals surface area (Å²) >= 11 is 1.54. The average molecular weight is 374 g/mol. The molecule has 0 N–H and O–H groups in total. The number of thiazole rings is 1. The third kappa shape index (κ3) is 3.83. The average Bonchev–Trinajstić information content (AvgIpc) is 3.25. The summed E-state index contributed by atoms with van der Waals surface area (Å²) in [6, 6.07) is 21.3. The molecule has 0 aliphatic rings. The highest BCUT2D eigenvalue weighted by molar-refractivity contribution is 7.07. The lowest BCUT2D eigenvalue weighted by molar-refractivity contribution is 0.0993. The highest BCUT2D eigenvalue weighted by Crippen LogP contribution is 2.23. The molecular weight excluding hydrogens is 356 g/mol. The van der Waals surface area contributed by atoms with E-state index in [4.69, 9.17) is 4.74 Å². The zero-order valence-corrected chi connectivity index (χ0v) is 15.6. The number of carbonyl (C=O) groups is 1. The first-order valence-electron chi connectivity index (χ1n) is 8.57. The fourth-order valence-corrected chi connectivity index (χ4v) is 3.40. The van der Waals surface area contributed by atoms with Crippen molar-refractivity contribution in [1.82, 2.24) is 4.98 Å². The molecule has 4 rings (SSSR count). The van der Waals surface area contributed by atoms with Crippen molar-refractivity contribution in [3.63, 3.8) is 0 Å². The van der Waals surface area contributed by atoms with Crippen LogP contribution in [0.4, 0.5) is 5.69 Å². The number of aromatic nitrogens is 1. The van der Waals surface area contributed by atoms with Crippen LogP contribution in [-0.2, 0) is 6.61 Å². The fourth-order valence-electron chi connectivity index (χ4n) is 2.86. The molecule has 0 atom stereocenters. The summed E-state index contributed by atoms with van der Waals surface area (Å²) in [5.41, 5.74) is 4.16. The van der Waals surface area contributed by atoms with Gasteiger partial charge in [-0.3, -0.25) is 4.79 Å². The molecular formula is C22H18N2O2S. The Balaban J connectivity index is 1.47. The topological polar surface area (TPSA) is 42.4 Å². The molecule has 1 aromatic heterocycles. The van der Waals surface area contributed by atoms with Crippen molar-refractivity contribution in [3.05, 3.63) is 88.9 Å². The van der Waals surface area contributed by atoms with E-state index in [1.54, 1.807) is 40.9 Å². The van der Waals surface area contributed by atoms with Crippen LogP contribution in [0, 0.1) is 0 Å². The molecule has 4 aromatic rings. The van der Waals surface area contributed by atoms with E-state index < -0.39 is 0 Å². The number of hydrogen-bond acceptors (Lipinski definition) is 4. The predicted octanol–water partition coefficient (Wildman–Crippen LogP) is 5.15. The highest BCUT2D eigenvalue weighted by Gasteiger charge is 2.14. The third-order valence-electron chi connectivity index (χ3n) is 4.40. The molecule has 0 fully saturated rings. The van der Waals surface area contributed by atoms with Crippen LogP contribution < -0.4 is 9.64 Å². The van der Waals surface area contributed by atoms with Crippen LogP contribution in [0.25, 0.3) is 10.8 Å². The summed E-state index contributed by atoms with van der Waals surface area (Å²) < 4.78 is 5.70. The number of ether oxygens (including phenoxy) is 1. The lowest BCUT2D eigenvalue weighted by atomic mass is 10.1. The standard InChI is InChI=1S/C22H18N2O2S/c1-24(20-9-6-16-4-2-3-5-18(16)12-20)22(25)17-7-10-21(11-8-17)26-13-19-14-27-15-23-19/h2-12,14-15H,13H2,1H3. The van der Waals surface area contributed by atoms with E-state index in [-0.39, 0.29) is 5.91 Å². The minimum Gasteiger partial charge on any atom is -0.487 e. The van der Waals surface area contributed by atoms with Crippen molar-refractivity contribution >= 4 is 33.7 Å². The fraction of sp³-hybridized carbons (Fsp3) is 0.0909. The Bertz CT molecular complexity index is 1060. The minimum atomic E-state index is -0.0590. The lowest BCUT2D eigenvalue weighted by Gasteiger charge is -2.18. The van der Waals surface area contributed by atoms with Crippen LogP contribution in [0.3, 0.4) is 0 Å². The van der Waals surface area contributed by atoms with Crippen molar-refractivity contribution < 1.29 is 9.53 Å². The first-order valence-corrected chi connectivity index (χ1v) is 9.52. The van der Waals surface area contributed by atoms with Crippen LogP contribution in [0.2, 0.25) is 0 Å². The van der Waals surface area contributed by atoms with Gasteiger partial charge in [0.25, 0.3) is 5.91 Å². The maximum absolute atomic E-state index is 12.8. The number of benzene rings is 3. The lowest BCUT2D eigenvalue weighted by Crippen LogP contribution is -2.26. The second-order valence-electron chi connectivity index (χ2n) is 6.19. The molecule has 0 radical (unpaired) electrons. The predicted molar refractivity (Wildman–Crippen MR) is 110 cm³/mol. The van der Waals surface area contributed by atoms with Gasteiger partial charge in [-0.2, -0.15) is 0 Å². The van der Waals surface area contributed by atoms with Crippen LogP contribution in [-0.4, -0.2) is 17.9 Å². The van der Waals surface area contributed by atoms with Crippen molar-refractivity contribution in [2.45, 2.75) is 6.61 Å². The summed E-state index contributed by atoms with van der Waals surface area (Å²) in [5, 5.41) is 4.22. The van der Waals surface area contributed by atoms with E-state index in [9.17, 15) is 4.79 Å². The van der Waals surface area contributed by atoms with Gasteiger partial charge in [0.15, 0.2) is 0 Å². The first-order chi connectivity index (χ1) is 13.2. The van der Waals surface area contributed by atoms with Gasteiger partial charge in [-0.1, -0.05) is 30.3 Å². The number of rotatable bonds is 5. The number of hydrogen-bond donors (Lipinski definition) is 0. The SMILES string of the molecule is CN(C(=O)c1ccc(OCc2cscn2)cc1)c1ccc2ccccc2c1. The maximum Gasteiger partial charge on any atom is 0.258 e. The first kappa shape index (κ1) is 17.2. The van der Waals surface area contributed by atoms with Crippen LogP contribution >= 0.6 is 11.3 Å². The zero-order valence-electron chi connectivity index (χ0n) is 14.8. The van der Waals surface area contributed by atoms with Gasteiger partial charge in [0.1, 0.15) is 12.4 Å². The molecule has 4 nitrogen and oxygen atoms in total. The molecule has 27 heavy (non-hydrogen) atoms. The van der Waals surface area contributed by atoms with Gasteiger partial charge < -0.3 is 9.64 Å². The number of amides is 1. The van der Waals surface area contributed by atoms with Gasteiger partial charge in [-0.15, -0.1) is 11.3 Å². The molecule has 0 bridgehead atoms. The molecule has 1 amide bonds. The Kier molecular flexibility index (Phi) is 4.85. The van der Waals surface area contributed by atoms with Crippen LogP contribution in [0.5, 0.6) is 5.75 Å². The minimum absolute atomic E-state index is 0.0590. The number of anilines is 1. The molecule has 0 saturated heterocycles. The van der Waals surface area contributed by atoms with Gasteiger partial charge in [0.05, 0.1) is 11.2 Å². The Hall–Kier alpha value is -3.18. The molecule has 0 aliphatic heterocycles. The van der Waals surface area contributed by atoms with E-state index in [0.717, 1.165) is 22.2 Å². The van der Waals surface area contributed by atoms with E-state index in [2.05, 4.69) is 11.1 Å². The number of carbonyl (C=O) groups excluding carboxylic acids is 1. The van der Waals surface area contributed by atoms with Gasteiger partial charge >= 0.3 is 0 Å². The third-order valence-corrected chi connectivity index (χ3v) is 5.03. The van der Waals surface area contributed by atoms with E-state index in [0.29, 0.717) is 17.9 Å². The molecule has 3 aromatic carbocycles. The largest absolute Gasteiger partial charge is 0.487 e. The van der Waals surface area contributed by atoms with Gasteiger partial charge in [0.2, 0.25) is 0 Å². The quantitative estimate of drug-likeness (QED) is 0.485. The Morgan fingerprint density at radius 2 is 1.81 bits per heavy atom. The molecule has 0 unspecified atom stereocenters. The Morgan fingerprint density at radius 1 is 1.04 bits per heavy atom. The van der Waals surface area contributed by atoms with Crippen LogP contribution in [0.1, 0.15) is 16.1 Å². The van der Waals surface area contributed by atoms with Crippen molar-refractivity contribution in [2.75, 3.05) is 11.9 Å². The Labute approximate surface area is 161 Å². The smallest absolute Gasteiger partial charge is 0.258 e. The van der Waals surface area contributed by atoms with Crippen molar-refractivity contribution in [1.29, 1.82) is 0 Å². The molecule has 0 aliphatic carbocycles. The normalized spacial score (nSPS) is 10.7. The number of fused-ring (bicyclic) bond motifs is 1. The summed E-state index contributed by atoms with van der Waals surface area (Å²) in [6.07, 6.45) is 0. The summed E-state index contributed by atoms with van der Waals surface area (Å²) in [6.45, 7) is 0.424. The van der Waals surface area contributed by atoms with Crippen molar-refractivity contribution in [2.24, 2.45) is 0 Å². The molecule has 5 heteroatoms. The second kappa shape index (κ2) is 7.60. The summed E-state index contributed by atoms with van der Waals surface area (Å²) in [5.74, 6) is 0.657. The van der Waals surface area contributed by atoms with E-state index in [1.165, 1.54) is 0 Å². The number of nitrogens with zero attached hydrogens (tertiary/aromatic N) is 2. The molecule has 0 spiro atoms. The molecule has 134 valence electrons. The van der Waals surface area contributed by atoms with Gasteiger partial charge in [-0.05, 0) is 47.2 Å². The van der Waals surface area contributed by atoms with Crippen molar-refractivity contribution in [3.8, 4) is 5.75 Å². The zero-order chi connectivity index (χ0) is 18.6. The molecule has 0 saturated carbocycles. The maximum atomic E-state index is 12.8. The van der Waals surface area contributed by atoms with E-state index >= 15 is 0 Å². The Morgan fingerprint density at radius 3 is 2.56 bits per heavy atom. The van der Waals surface area contributed by atoms with E-state index in [1.807, 2.05) is 53.9 Å². The molecule has 1 heterocycles. The monoisotopic (exact) mass is 374 g/mol.